The van der Waals surface area contributed by atoms with Gasteiger partial charge in [0.25, 0.3) is 0 Å². The van der Waals surface area contributed by atoms with Crippen LogP contribution < -0.4 is 0 Å². The monoisotopic (exact) mass is 201 g/mol. The van der Waals surface area contributed by atoms with E-state index < -0.39 is 0 Å². The summed E-state index contributed by atoms with van der Waals surface area (Å²) in [5.41, 5.74) is 0. The first kappa shape index (κ1) is 13.4. The van der Waals surface area contributed by atoms with Crippen molar-refractivity contribution >= 4 is 5.91 Å². The van der Waals surface area contributed by atoms with E-state index in [4.69, 9.17) is 4.74 Å². The number of hydrogen-bond acceptors (Lipinski definition) is 2. The third-order valence-corrected chi connectivity index (χ3v) is 2.18. The van der Waals surface area contributed by atoms with Gasteiger partial charge in [-0.05, 0) is 27.7 Å². The zero-order chi connectivity index (χ0) is 11.1. The molecule has 0 rings (SSSR count). The van der Waals surface area contributed by atoms with E-state index >= 15 is 0 Å². The lowest BCUT2D eigenvalue weighted by atomic mass is 10.1. The van der Waals surface area contributed by atoms with Crippen LogP contribution in [0.2, 0.25) is 0 Å². The van der Waals surface area contributed by atoms with Gasteiger partial charge in [-0.3, -0.25) is 4.79 Å². The number of amides is 1. The first-order valence-electron chi connectivity index (χ1n) is 5.43. The maximum atomic E-state index is 11.8. The molecule has 3 heteroatoms. The first-order valence-corrected chi connectivity index (χ1v) is 5.43. The Hall–Kier alpha value is -0.570. The topological polar surface area (TPSA) is 29.5 Å². The predicted octanol–water partition coefficient (Wildman–Crippen LogP) is 1.92. The summed E-state index contributed by atoms with van der Waals surface area (Å²) in [6, 6.07) is 0. The Balaban J connectivity index is 3.97. The highest BCUT2D eigenvalue weighted by atomic mass is 16.5. The lowest BCUT2D eigenvalue weighted by Gasteiger charge is -2.23. The summed E-state index contributed by atoms with van der Waals surface area (Å²) in [6.45, 7) is 12.0. The van der Waals surface area contributed by atoms with E-state index in [1.165, 1.54) is 0 Å². The van der Waals surface area contributed by atoms with E-state index in [-0.39, 0.29) is 17.9 Å². The standard InChI is InChI=1S/C11H23NO2/c1-6-12(7-2)11(13)10(5)8-14-9(3)4/h9-10H,6-8H2,1-5H3. The molecule has 0 aromatic rings. The Bertz CT molecular complexity index is 165. The summed E-state index contributed by atoms with van der Waals surface area (Å²) >= 11 is 0. The van der Waals surface area contributed by atoms with Crippen LogP contribution in [-0.4, -0.2) is 36.6 Å². The molecule has 0 heterocycles. The van der Waals surface area contributed by atoms with Crippen molar-refractivity contribution in [3.63, 3.8) is 0 Å². The minimum atomic E-state index is -0.0303. The molecule has 0 saturated carbocycles. The van der Waals surface area contributed by atoms with Gasteiger partial charge in [0.15, 0.2) is 0 Å². The fourth-order valence-electron chi connectivity index (χ4n) is 1.26. The summed E-state index contributed by atoms with van der Waals surface area (Å²) in [5, 5.41) is 0. The smallest absolute Gasteiger partial charge is 0.227 e. The van der Waals surface area contributed by atoms with Gasteiger partial charge in [-0.25, -0.2) is 0 Å². The number of carbonyl (C=O) groups excluding carboxylic acids is 1. The van der Waals surface area contributed by atoms with Crippen molar-refractivity contribution < 1.29 is 9.53 Å². The van der Waals surface area contributed by atoms with Crippen molar-refractivity contribution in [2.24, 2.45) is 5.92 Å². The molecule has 0 aliphatic heterocycles. The van der Waals surface area contributed by atoms with Gasteiger partial charge in [0, 0.05) is 13.1 Å². The van der Waals surface area contributed by atoms with E-state index in [1.807, 2.05) is 39.5 Å². The molecule has 0 spiro atoms. The molecule has 84 valence electrons. The molecule has 0 aliphatic carbocycles. The van der Waals surface area contributed by atoms with Crippen LogP contribution in [-0.2, 0) is 9.53 Å². The Kier molecular flexibility index (Phi) is 6.54. The third kappa shape index (κ3) is 4.61. The molecule has 1 unspecified atom stereocenters. The van der Waals surface area contributed by atoms with E-state index in [0.29, 0.717) is 6.61 Å². The molecule has 0 fully saturated rings. The number of hydrogen-bond donors (Lipinski definition) is 0. The predicted molar refractivity (Wildman–Crippen MR) is 58.2 cm³/mol. The Morgan fingerprint density at radius 1 is 1.21 bits per heavy atom. The molecule has 1 atom stereocenters. The van der Waals surface area contributed by atoms with Gasteiger partial charge in [0.1, 0.15) is 0 Å². The summed E-state index contributed by atoms with van der Waals surface area (Å²) in [4.78, 5) is 13.6. The lowest BCUT2D eigenvalue weighted by molar-refractivity contribution is -0.137. The largest absolute Gasteiger partial charge is 0.378 e. The average Bonchev–Trinajstić information content (AvgIpc) is 2.15. The van der Waals surface area contributed by atoms with Gasteiger partial charge in [0.05, 0.1) is 18.6 Å². The second-order valence-corrected chi connectivity index (χ2v) is 3.79. The van der Waals surface area contributed by atoms with Gasteiger partial charge in [-0.1, -0.05) is 6.92 Å². The molecule has 0 bridgehead atoms. The van der Waals surface area contributed by atoms with E-state index in [1.54, 1.807) is 0 Å². The zero-order valence-corrected chi connectivity index (χ0v) is 10.0. The second kappa shape index (κ2) is 6.82. The van der Waals surface area contributed by atoms with Crippen LogP contribution in [0.4, 0.5) is 0 Å². The number of carbonyl (C=O) groups is 1. The van der Waals surface area contributed by atoms with Crippen molar-refractivity contribution in [1.29, 1.82) is 0 Å². The Labute approximate surface area is 87.4 Å². The van der Waals surface area contributed by atoms with E-state index in [2.05, 4.69) is 0 Å². The molecule has 14 heavy (non-hydrogen) atoms. The van der Waals surface area contributed by atoms with Crippen molar-refractivity contribution in [2.75, 3.05) is 19.7 Å². The molecule has 1 amide bonds. The van der Waals surface area contributed by atoms with Crippen molar-refractivity contribution in [2.45, 2.75) is 40.7 Å². The number of ether oxygens (including phenoxy) is 1. The molecule has 0 N–H and O–H groups in total. The fraction of sp³-hybridized carbons (Fsp3) is 0.909. The van der Waals surface area contributed by atoms with Crippen LogP contribution >= 0.6 is 0 Å². The summed E-state index contributed by atoms with van der Waals surface area (Å²) in [7, 11) is 0. The van der Waals surface area contributed by atoms with E-state index in [9.17, 15) is 4.79 Å². The molecule has 0 aromatic heterocycles. The quantitative estimate of drug-likeness (QED) is 0.657. The van der Waals surface area contributed by atoms with Gasteiger partial charge < -0.3 is 9.64 Å². The van der Waals surface area contributed by atoms with E-state index in [0.717, 1.165) is 13.1 Å². The number of nitrogens with zero attached hydrogens (tertiary/aromatic N) is 1. The molecular formula is C11H23NO2. The van der Waals surface area contributed by atoms with Crippen molar-refractivity contribution in [3.05, 3.63) is 0 Å². The summed E-state index contributed by atoms with van der Waals surface area (Å²) < 4.78 is 5.42. The van der Waals surface area contributed by atoms with Crippen molar-refractivity contribution in [1.82, 2.24) is 4.90 Å². The molecule has 0 radical (unpaired) electrons. The molecule has 0 aliphatic rings. The van der Waals surface area contributed by atoms with Gasteiger partial charge in [-0.15, -0.1) is 0 Å². The SMILES string of the molecule is CCN(CC)C(=O)C(C)COC(C)C. The van der Waals surface area contributed by atoms with Crippen LogP contribution in [0.15, 0.2) is 0 Å². The normalized spacial score (nSPS) is 13.0. The third-order valence-electron chi connectivity index (χ3n) is 2.18. The molecular weight excluding hydrogens is 178 g/mol. The Morgan fingerprint density at radius 3 is 2.07 bits per heavy atom. The molecule has 3 nitrogen and oxygen atoms in total. The first-order chi connectivity index (χ1) is 6.52. The summed E-state index contributed by atoms with van der Waals surface area (Å²) in [5.74, 6) is 0.160. The van der Waals surface area contributed by atoms with Crippen LogP contribution in [0.3, 0.4) is 0 Å². The van der Waals surface area contributed by atoms with Crippen molar-refractivity contribution in [3.8, 4) is 0 Å². The van der Waals surface area contributed by atoms with Gasteiger partial charge >= 0.3 is 0 Å². The average molecular weight is 201 g/mol. The van der Waals surface area contributed by atoms with Crippen LogP contribution in [0.1, 0.15) is 34.6 Å². The van der Waals surface area contributed by atoms with Crippen LogP contribution in [0.25, 0.3) is 0 Å². The highest BCUT2D eigenvalue weighted by Gasteiger charge is 2.18. The van der Waals surface area contributed by atoms with Crippen LogP contribution in [0, 0.1) is 5.92 Å². The fourth-order valence-corrected chi connectivity index (χ4v) is 1.26. The zero-order valence-electron chi connectivity index (χ0n) is 10.0. The van der Waals surface area contributed by atoms with Crippen LogP contribution in [0.5, 0.6) is 0 Å². The Morgan fingerprint density at radius 2 is 1.71 bits per heavy atom. The second-order valence-electron chi connectivity index (χ2n) is 3.79. The molecule has 0 aromatic carbocycles. The highest BCUT2D eigenvalue weighted by Crippen LogP contribution is 2.04. The summed E-state index contributed by atoms with van der Waals surface area (Å²) in [6.07, 6.45) is 0.196. The molecule has 0 saturated heterocycles. The minimum absolute atomic E-state index is 0.0303. The maximum absolute atomic E-state index is 11.8. The minimum Gasteiger partial charge on any atom is -0.378 e. The highest BCUT2D eigenvalue weighted by molar-refractivity contribution is 5.78. The number of rotatable bonds is 6. The van der Waals surface area contributed by atoms with Gasteiger partial charge in [0.2, 0.25) is 5.91 Å². The lowest BCUT2D eigenvalue weighted by Crippen LogP contribution is -2.36. The maximum Gasteiger partial charge on any atom is 0.227 e. The van der Waals surface area contributed by atoms with Gasteiger partial charge in [-0.2, -0.15) is 0 Å².